The minimum atomic E-state index is -0.287. The highest BCUT2D eigenvalue weighted by Crippen LogP contribution is 2.23. The van der Waals surface area contributed by atoms with Crippen molar-refractivity contribution in [2.45, 2.75) is 46.6 Å². The van der Waals surface area contributed by atoms with Gasteiger partial charge in [0.25, 0.3) is 11.8 Å². The van der Waals surface area contributed by atoms with Crippen LogP contribution >= 0.6 is 0 Å². The number of piperazine rings is 1. The van der Waals surface area contributed by atoms with E-state index in [1.54, 1.807) is 24.3 Å². The molecule has 0 N–H and O–H groups in total. The summed E-state index contributed by atoms with van der Waals surface area (Å²) >= 11 is 0. The molecule has 0 saturated carbocycles. The number of hydrogen-bond donors (Lipinski definition) is 0. The summed E-state index contributed by atoms with van der Waals surface area (Å²) in [6.07, 6.45) is 0.724. The normalized spacial score (nSPS) is 16.4. The molecule has 8 heteroatoms. The molecule has 1 aromatic carbocycles. The largest absolute Gasteiger partial charge is 0.346 e. The van der Waals surface area contributed by atoms with Crippen molar-refractivity contribution < 1.29 is 19.2 Å². The summed E-state index contributed by atoms with van der Waals surface area (Å²) in [5.74, 6) is -0.435. The summed E-state index contributed by atoms with van der Waals surface area (Å²) in [7, 11) is 0. The topological polar surface area (TPSA) is 82.9 Å². The van der Waals surface area contributed by atoms with E-state index in [1.165, 1.54) is 4.90 Å². The van der Waals surface area contributed by atoms with Gasteiger partial charge in [0.1, 0.15) is 0 Å². The summed E-state index contributed by atoms with van der Waals surface area (Å²) in [4.78, 5) is 55.7. The van der Waals surface area contributed by atoms with Crippen molar-refractivity contribution in [2.24, 2.45) is 0 Å². The van der Waals surface area contributed by atoms with Gasteiger partial charge in [0.2, 0.25) is 5.91 Å². The molecule has 4 rings (SSSR count). The number of ketones is 1. The smallest absolute Gasteiger partial charge is 0.261 e. The Morgan fingerprint density at radius 2 is 1.54 bits per heavy atom. The second-order valence-corrected chi connectivity index (χ2v) is 9.74. The average Bonchev–Trinajstić information content (AvgIpc) is 3.27. The fourth-order valence-electron chi connectivity index (χ4n) is 5.29. The predicted molar refractivity (Wildman–Crippen MR) is 133 cm³/mol. The van der Waals surface area contributed by atoms with Gasteiger partial charge in [-0.15, -0.1) is 0 Å². The van der Waals surface area contributed by atoms with Crippen LogP contribution in [0.1, 0.15) is 75.2 Å². The summed E-state index contributed by atoms with van der Waals surface area (Å²) in [6, 6.07) is 9.09. The standard InChI is InChI=1S/C27H34N4O4/c1-18(2)31-19(3)16-23(20(31)4)24(32)17-28-12-14-29(15-13-28)25(33)10-7-11-30-26(34)21-8-5-6-9-22(21)27(30)35/h5-6,8-9,16,18H,7,10-15,17H2,1-4H3. The number of carbonyl (C=O) groups is 4. The van der Waals surface area contributed by atoms with E-state index in [4.69, 9.17) is 0 Å². The molecule has 186 valence electrons. The molecule has 0 bridgehead atoms. The number of amides is 3. The van der Waals surface area contributed by atoms with Gasteiger partial charge in [0.15, 0.2) is 5.78 Å². The number of carbonyl (C=O) groups excluding carboxylic acids is 4. The molecule has 0 aliphatic carbocycles. The molecule has 2 aliphatic rings. The van der Waals surface area contributed by atoms with Gasteiger partial charge in [-0.25, -0.2) is 0 Å². The zero-order chi connectivity index (χ0) is 25.3. The maximum absolute atomic E-state index is 12.9. The van der Waals surface area contributed by atoms with Crippen LogP contribution in [-0.4, -0.2) is 82.0 Å². The predicted octanol–water partition coefficient (Wildman–Crippen LogP) is 3.09. The highest BCUT2D eigenvalue weighted by atomic mass is 16.2. The first kappa shape index (κ1) is 24.9. The van der Waals surface area contributed by atoms with Gasteiger partial charge in [-0.1, -0.05) is 12.1 Å². The highest BCUT2D eigenvalue weighted by molar-refractivity contribution is 6.21. The van der Waals surface area contributed by atoms with Crippen molar-refractivity contribution in [3.8, 4) is 0 Å². The van der Waals surface area contributed by atoms with Crippen molar-refractivity contribution in [1.29, 1.82) is 0 Å². The number of aromatic nitrogens is 1. The monoisotopic (exact) mass is 478 g/mol. The zero-order valence-electron chi connectivity index (χ0n) is 21.0. The van der Waals surface area contributed by atoms with Crippen LogP contribution in [0.5, 0.6) is 0 Å². The molecule has 0 spiro atoms. The molecule has 35 heavy (non-hydrogen) atoms. The summed E-state index contributed by atoms with van der Waals surface area (Å²) < 4.78 is 2.19. The highest BCUT2D eigenvalue weighted by Gasteiger charge is 2.34. The number of imide groups is 1. The third kappa shape index (κ3) is 4.93. The van der Waals surface area contributed by atoms with Gasteiger partial charge in [0, 0.05) is 62.1 Å². The molecule has 8 nitrogen and oxygen atoms in total. The van der Waals surface area contributed by atoms with Crippen molar-refractivity contribution in [3.63, 3.8) is 0 Å². The molecule has 1 aromatic heterocycles. The molecular weight excluding hydrogens is 444 g/mol. The molecule has 1 saturated heterocycles. The average molecular weight is 479 g/mol. The van der Waals surface area contributed by atoms with Crippen LogP contribution in [0.2, 0.25) is 0 Å². The Morgan fingerprint density at radius 1 is 0.943 bits per heavy atom. The van der Waals surface area contributed by atoms with E-state index in [0.717, 1.165) is 17.0 Å². The molecule has 0 radical (unpaired) electrons. The fourth-order valence-corrected chi connectivity index (χ4v) is 5.29. The Labute approximate surface area is 206 Å². The molecule has 3 heterocycles. The van der Waals surface area contributed by atoms with Crippen LogP contribution < -0.4 is 0 Å². The lowest BCUT2D eigenvalue weighted by molar-refractivity contribution is -0.133. The molecule has 2 aliphatic heterocycles. The maximum atomic E-state index is 12.9. The van der Waals surface area contributed by atoms with Gasteiger partial charge in [-0.3, -0.25) is 29.0 Å². The van der Waals surface area contributed by atoms with Crippen LogP contribution in [0.25, 0.3) is 0 Å². The molecule has 1 fully saturated rings. The third-order valence-corrected chi connectivity index (χ3v) is 7.04. The minimum Gasteiger partial charge on any atom is -0.346 e. The zero-order valence-corrected chi connectivity index (χ0v) is 21.0. The molecule has 3 amide bonds. The van der Waals surface area contributed by atoms with Crippen LogP contribution in [0.3, 0.4) is 0 Å². The van der Waals surface area contributed by atoms with Crippen LogP contribution in [0.15, 0.2) is 30.3 Å². The summed E-state index contributed by atoms with van der Waals surface area (Å²) in [5, 5.41) is 0. The lowest BCUT2D eigenvalue weighted by atomic mass is 10.1. The van der Waals surface area contributed by atoms with E-state index in [-0.39, 0.29) is 36.5 Å². The Hall–Kier alpha value is -3.26. The molecule has 2 aromatic rings. The quantitative estimate of drug-likeness (QED) is 0.430. The maximum Gasteiger partial charge on any atom is 0.261 e. The van der Waals surface area contributed by atoms with Gasteiger partial charge in [-0.05, 0) is 52.3 Å². The Bertz CT molecular complexity index is 1120. The van der Waals surface area contributed by atoms with Crippen molar-refractivity contribution in [3.05, 3.63) is 58.4 Å². The molecule has 0 unspecified atom stereocenters. The minimum absolute atomic E-state index is 0.0214. The first-order valence-electron chi connectivity index (χ1n) is 12.4. The third-order valence-electron chi connectivity index (χ3n) is 7.04. The van der Waals surface area contributed by atoms with Gasteiger partial charge in [0.05, 0.1) is 17.7 Å². The number of fused-ring (bicyclic) bond motifs is 1. The van der Waals surface area contributed by atoms with E-state index in [9.17, 15) is 19.2 Å². The fraction of sp³-hybridized carbons (Fsp3) is 0.481. The van der Waals surface area contributed by atoms with Crippen molar-refractivity contribution in [2.75, 3.05) is 39.3 Å². The van der Waals surface area contributed by atoms with Gasteiger partial charge in [-0.2, -0.15) is 0 Å². The first-order valence-corrected chi connectivity index (χ1v) is 12.4. The van der Waals surface area contributed by atoms with E-state index in [0.29, 0.717) is 56.3 Å². The van der Waals surface area contributed by atoms with Crippen molar-refractivity contribution in [1.82, 2.24) is 19.3 Å². The number of Topliss-reactive ketones (excluding diaryl/α,β-unsaturated/α-hetero) is 1. The lowest BCUT2D eigenvalue weighted by Crippen LogP contribution is -2.50. The number of nitrogens with zero attached hydrogens (tertiary/aromatic N) is 4. The van der Waals surface area contributed by atoms with E-state index < -0.39 is 0 Å². The SMILES string of the molecule is Cc1cc(C(=O)CN2CCN(C(=O)CCCN3C(=O)c4ccccc4C3=O)CC2)c(C)n1C(C)C. The number of aryl methyl sites for hydroxylation is 1. The lowest BCUT2D eigenvalue weighted by Gasteiger charge is -2.34. The first-order chi connectivity index (χ1) is 16.7. The van der Waals surface area contributed by atoms with E-state index in [2.05, 4.69) is 23.3 Å². The number of benzene rings is 1. The summed E-state index contributed by atoms with van der Waals surface area (Å²) in [5.41, 5.74) is 3.75. The second-order valence-electron chi connectivity index (χ2n) is 9.74. The molecular formula is C27H34N4O4. The van der Waals surface area contributed by atoms with Crippen LogP contribution in [0.4, 0.5) is 0 Å². The Kier molecular flexibility index (Phi) is 7.21. The van der Waals surface area contributed by atoms with E-state index in [1.807, 2.05) is 24.8 Å². The Balaban J connectivity index is 1.22. The molecule has 0 atom stereocenters. The second kappa shape index (κ2) is 10.2. The summed E-state index contributed by atoms with van der Waals surface area (Å²) in [6.45, 7) is 11.3. The van der Waals surface area contributed by atoms with Crippen LogP contribution in [-0.2, 0) is 4.79 Å². The van der Waals surface area contributed by atoms with Gasteiger partial charge < -0.3 is 9.47 Å². The van der Waals surface area contributed by atoms with Crippen LogP contribution in [0, 0.1) is 13.8 Å². The van der Waals surface area contributed by atoms with Crippen molar-refractivity contribution >= 4 is 23.5 Å². The number of hydrogen-bond acceptors (Lipinski definition) is 5. The van der Waals surface area contributed by atoms with Gasteiger partial charge >= 0.3 is 0 Å². The Morgan fingerprint density at radius 3 is 2.09 bits per heavy atom. The van der Waals surface area contributed by atoms with E-state index >= 15 is 0 Å². The number of rotatable bonds is 8.